The van der Waals surface area contributed by atoms with Crippen LogP contribution in [0, 0.1) is 12.7 Å². The zero-order valence-corrected chi connectivity index (χ0v) is 12.4. The van der Waals surface area contributed by atoms with Gasteiger partial charge in [0.1, 0.15) is 11.6 Å². The second-order valence-corrected chi connectivity index (χ2v) is 5.10. The van der Waals surface area contributed by atoms with Gasteiger partial charge >= 0.3 is 0 Å². The molecule has 0 aliphatic heterocycles. The molecule has 0 spiro atoms. The Labute approximate surface area is 120 Å². The molecule has 0 unspecified atom stereocenters. The van der Waals surface area contributed by atoms with E-state index in [0.717, 1.165) is 21.3 Å². The van der Waals surface area contributed by atoms with E-state index in [2.05, 4.69) is 21.2 Å². The molecule has 0 aliphatic rings. The number of aryl methyl sites for hydroxylation is 1. The van der Waals surface area contributed by atoms with Crippen LogP contribution in [0.5, 0.6) is 5.75 Å². The Morgan fingerprint density at radius 2 is 2.05 bits per heavy atom. The summed E-state index contributed by atoms with van der Waals surface area (Å²) in [5.41, 5.74) is 2.44. The quantitative estimate of drug-likeness (QED) is 0.893. The molecule has 19 heavy (non-hydrogen) atoms. The van der Waals surface area contributed by atoms with Crippen LogP contribution in [0.15, 0.2) is 40.9 Å². The smallest absolute Gasteiger partial charge is 0.146 e. The van der Waals surface area contributed by atoms with Gasteiger partial charge in [-0.1, -0.05) is 28.1 Å². The highest BCUT2D eigenvalue weighted by molar-refractivity contribution is 9.10. The van der Waals surface area contributed by atoms with Crippen molar-refractivity contribution in [1.82, 2.24) is 0 Å². The Kier molecular flexibility index (Phi) is 4.43. The molecule has 0 amide bonds. The lowest BCUT2D eigenvalue weighted by Crippen LogP contribution is -2.04. The second-order valence-electron chi connectivity index (χ2n) is 4.24. The minimum Gasteiger partial charge on any atom is -0.497 e. The lowest BCUT2D eigenvalue weighted by molar-refractivity contribution is 0.414. The first-order valence-corrected chi connectivity index (χ1v) is 6.72. The molecule has 0 saturated carbocycles. The second kappa shape index (κ2) is 6.06. The van der Waals surface area contributed by atoms with E-state index in [-0.39, 0.29) is 5.82 Å². The zero-order chi connectivity index (χ0) is 13.8. The number of nitrogens with one attached hydrogen (secondary N) is 1. The van der Waals surface area contributed by atoms with Crippen LogP contribution in [0.3, 0.4) is 0 Å². The number of halogens is 2. The van der Waals surface area contributed by atoms with Gasteiger partial charge in [-0.05, 0) is 42.3 Å². The summed E-state index contributed by atoms with van der Waals surface area (Å²) >= 11 is 3.48. The first-order chi connectivity index (χ1) is 9.11. The number of methoxy groups -OCH3 is 1. The molecule has 0 aliphatic carbocycles. The van der Waals surface area contributed by atoms with Crippen LogP contribution in [0.1, 0.15) is 11.1 Å². The molecule has 0 bridgehead atoms. The Hall–Kier alpha value is -1.55. The molecule has 0 fully saturated rings. The van der Waals surface area contributed by atoms with Crippen LogP contribution in [0.4, 0.5) is 10.1 Å². The number of rotatable bonds is 4. The predicted octanol–water partition coefficient (Wildman–Crippen LogP) is 4.52. The highest BCUT2D eigenvalue weighted by Gasteiger charge is 2.07. The fourth-order valence-corrected chi connectivity index (χ4v) is 2.24. The van der Waals surface area contributed by atoms with E-state index in [0.29, 0.717) is 12.2 Å². The van der Waals surface area contributed by atoms with Crippen LogP contribution in [-0.4, -0.2) is 7.11 Å². The minimum absolute atomic E-state index is 0.237. The van der Waals surface area contributed by atoms with Crippen molar-refractivity contribution in [1.29, 1.82) is 0 Å². The SMILES string of the molecule is COc1ccc(Br)c(CNc2c(C)cccc2F)c1. The number of para-hydroxylation sites is 1. The first kappa shape index (κ1) is 13.9. The van der Waals surface area contributed by atoms with E-state index in [1.165, 1.54) is 6.07 Å². The molecule has 0 heterocycles. The van der Waals surface area contributed by atoms with E-state index in [1.807, 2.05) is 31.2 Å². The van der Waals surface area contributed by atoms with E-state index in [9.17, 15) is 4.39 Å². The van der Waals surface area contributed by atoms with Crippen molar-refractivity contribution < 1.29 is 9.13 Å². The summed E-state index contributed by atoms with van der Waals surface area (Å²) < 4.78 is 19.9. The van der Waals surface area contributed by atoms with Gasteiger partial charge in [-0.25, -0.2) is 4.39 Å². The van der Waals surface area contributed by atoms with Crippen LogP contribution in [0.25, 0.3) is 0 Å². The van der Waals surface area contributed by atoms with Crippen molar-refractivity contribution in [3.05, 3.63) is 57.8 Å². The third kappa shape index (κ3) is 3.26. The van der Waals surface area contributed by atoms with Crippen molar-refractivity contribution in [2.24, 2.45) is 0 Å². The summed E-state index contributed by atoms with van der Waals surface area (Å²) in [6, 6.07) is 10.8. The summed E-state index contributed by atoms with van der Waals surface area (Å²) in [7, 11) is 1.63. The predicted molar refractivity (Wildman–Crippen MR) is 79.2 cm³/mol. The molecular weight excluding hydrogens is 309 g/mol. The third-order valence-electron chi connectivity index (χ3n) is 2.93. The first-order valence-electron chi connectivity index (χ1n) is 5.93. The van der Waals surface area contributed by atoms with Gasteiger partial charge in [0.2, 0.25) is 0 Å². The van der Waals surface area contributed by atoms with Crippen LogP contribution in [0.2, 0.25) is 0 Å². The molecule has 0 atom stereocenters. The standard InChI is InChI=1S/C15H15BrFNO/c1-10-4-3-5-14(17)15(10)18-9-11-8-12(19-2)6-7-13(11)16/h3-8,18H,9H2,1-2H3. The fraction of sp³-hybridized carbons (Fsp3) is 0.200. The Bertz CT molecular complexity index is 566. The number of hydrogen-bond donors (Lipinski definition) is 1. The fourth-order valence-electron chi connectivity index (χ4n) is 1.85. The molecule has 0 aromatic heterocycles. The highest BCUT2D eigenvalue weighted by atomic mass is 79.9. The maximum absolute atomic E-state index is 13.7. The van der Waals surface area contributed by atoms with Gasteiger partial charge in [0, 0.05) is 11.0 Å². The zero-order valence-electron chi connectivity index (χ0n) is 10.8. The van der Waals surface area contributed by atoms with E-state index in [1.54, 1.807) is 13.2 Å². The van der Waals surface area contributed by atoms with Gasteiger partial charge in [-0.15, -0.1) is 0 Å². The van der Waals surface area contributed by atoms with Crippen molar-refractivity contribution in [3.8, 4) is 5.75 Å². The van der Waals surface area contributed by atoms with Crippen molar-refractivity contribution in [3.63, 3.8) is 0 Å². The van der Waals surface area contributed by atoms with Gasteiger partial charge in [-0.3, -0.25) is 0 Å². The molecular formula is C15H15BrFNO. The molecule has 100 valence electrons. The summed E-state index contributed by atoms with van der Waals surface area (Å²) in [5.74, 6) is 0.546. The lowest BCUT2D eigenvalue weighted by atomic mass is 10.1. The normalized spacial score (nSPS) is 10.3. The van der Waals surface area contributed by atoms with Crippen LogP contribution >= 0.6 is 15.9 Å². The van der Waals surface area contributed by atoms with E-state index >= 15 is 0 Å². The van der Waals surface area contributed by atoms with Gasteiger partial charge in [0.25, 0.3) is 0 Å². The maximum Gasteiger partial charge on any atom is 0.146 e. The summed E-state index contributed by atoms with van der Waals surface area (Å²) in [5, 5.41) is 3.13. The molecule has 1 N–H and O–H groups in total. The largest absolute Gasteiger partial charge is 0.497 e. The molecule has 0 saturated heterocycles. The minimum atomic E-state index is -0.237. The highest BCUT2D eigenvalue weighted by Crippen LogP contribution is 2.25. The van der Waals surface area contributed by atoms with Gasteiger partial charge in [0.05, 0.1) is 12.8 Å². The molecule has 4 heteroatoms. The molecule has 2 aromatic carbocycles. The molecule has 2 rings (SSSR count). The van der Waals surface area contributed by atoms with E-state index < -0.39 is 0 Å². The topological polar surface area (TPSA) is 21.3 Å². The van der Waals surface area contributed by atoms with Gasteiger partial charge < -0.3 is 10.1 Å². The molecule has 0 radical (unpaired) electrons. The van der Waals surface area contributed by atoms with Crippen LogP contribution in [-0.2, 0) is 6.54 Å². The number of benzene rings is 2. The number of hydrogen-bond acceptors (Lipinski definition) is 2. The Morgan fingerprint density at radius 1 is 1.26 bits per heavy atom. The molecule has 2 aromatic rings. The third-order valence-corrected chi connectivity index (χ3v) is 3.70. The van der Waals surface area contributed by atoms with Gasteiger partial charge in [-0.2, -0.15) is 0 Å². The summed E-state index contributed by atoms with van der Waals surface area (Å²) in [6.07, 6.45) is 0. The van der Waals surface area contributed by atoms with Crippen LogP contribution < -0.4 is 10.1 Å². The maximum atomic E-state index is 13.7. The van der Waals surface area contributed by atoms with Crippen molar-refractivity contribution in [2.75, 3.05) is 12.4 Å². The summed E-state index contributed by atoms with van der Waals surface area (Å²) in [6.45, 7) is 2.41. The average Bonchev–Trinajstić information content (AvgIpc) is 2.40. The van der Waals surface area contributed by atoms with E-state index in [4.69, 9.17) is 4.74 Å². The number of ether oxygens (including phenoxy) is 1. The van der Waals surface area contributed by atoms with Crippen molar-refractivity contribution in [2.45, 2.75) is 13.5 Å². The lowest BCUT2D eigenvalue weighted by Gasteiger charge is -2.12. The number of anilines is 1. The van der Waals surface area contributed by atoms with Crippen molar-refractivity contribution >= 4 is 21.6 Å². The Balaban J connectivity index is 2.19. The monoisotopic (exact) mass is 323 g/mol. The summed E-state index contributed by atoms with van der Waals surface area (Å²) in [4.78, 5) is 0. The van der Waals surface area contributed by atoms with Gasteiger partial charge in [0.15, 0.2) is 0 Å². The molecule has 2 nitrogen and oxygen atoms in total. The average molecular weight is 324 g/mol. The Morgan fingerprint density at radius 3 is 2.74 bits per heavy atom.